The number of rotatable bonds is 5. The molecule has 130 valence electrons. The molecule has 1 aliphatic heterocycles. The molecule has 5 nitrogen and oxygen atoms in total. The molecule has 0 saturated carbocycles. The highest BCUT2D eigenvalue weighted by Gasteiger charge is 2.36. The van der Waals surface area contributed by atoms with Crippen molar-refractivity contribution in [2.24, 2.45) is 0 Å². The van der Waals surface area contributed by atoms with Crippen LogP contribution in [0.25, 0.3) is 0 Å². The second kappa shape index (κ2) is 6.74. The number of benzene rings is 1. The van der Waals surface area contributed by atoms with E-state index in [4.69, 9.17) is 9.47 Å². The molecule has 2 heterocycles. The van der Waals surface area contributed by atoms with Gasteiger partial charge in [-0.2, -0.15) is 4.31 Å². The first-order valence-electron chi connectivity index (χ1n) is 7.83. The fourth-order valence-electron chi connectivity index (χ4n) is 3.20. The van der Waals surface area contributed by atoms with Crippen molar-refractivity contribution in [2.45, 2.75) is 30.7 Å². The first kappa shape index (κ1) is 17.3. The van der Waals surface area contributed by atoms with Crippen LogP contribution in [0.5, 0.6) is 11.5 Å². The Morgan fingerprint density at radius 2 is 1.96 bits per heavy atom. The van der Waals surface area contributed by atoms with E-state index < -0.39 is 10.0 Å². The van der Waals surface area contributed by atoms with Crippen LogP contribution in [0.15, 0.2) is 34.5 Å². The molecule has 0 aliphatic carbocycles. The van der Waals surface area contributed by atoms with Crippen molar-refractivity contribution in [3.05, 3.63) is 40.1 Å². The molecule has 2 aromatic rings. The summed E-state index contributed by atoms with van der Waals surface area (Å²) in [6, 6.07) is 6.67. The smallest absolute Gasteiger partial charge is 0.243 e. The second-order valence-electron chi connectivity index (χ2n) is 5.61. The van der Waals surface area contributed by atoms with E-state index >= 15 is 0 Å². The number of thiophene rings is 1. The predicted octanol–water partition coefficient (Wildman–Crippen LogP) is 3.46. The quantitative estimate of drug-likeness (QED) is 0.812. The Labute approximate surface area is 146 Å². The van der Waals surface area contributed by atoms with Crippen molar-refractivity contribution in [2.75, 3.05) is 20.8 Å². The SMILES string of the molecule is CC[C@H]1c2ccsc2CCN1S(=O)(=O)c1ccc(OC)c(OC)c1. The van der Waals surface area contributed by atoms with Crippen LogP contribution in [0.3, 0.4) is 0 Å². The highest BCUT2D eigenvalue weighted by Crippen LogP contribution is 2.39. The van der Waals surface area contributed by atoms with Gasteiger partial charge in [-0.05, 0) is 42.0 Å². The van der Waals surface area contributed by atoms with E-state index in [2.05, 4.69) is 0 Å². The molecular formula is C17H21NO4S2. The summed E-state index contributed by atoms with van der Waals surface area (Å²) in [7, 11) is -0.568. The zero-order chi connectivity index (χ0) is 17.3. The lowest BCUT2D eigenvalue weighted by Gasteiger charge is -2.34. The molecule has 0 unspecified atom stereocenters. The number of hydrogen-bond donors (Lipinski definition) is 0. The summed E-state index contributed by atoms with van der Waals surface area (Å²) >= 11 is 1.71. The van der Waals surface area contributed by atoms with E-state index in [1.807, 2.05) is 18.4 Å². The third-order valence-corrected chi connectivity index (χ3v) is 7.29. The summed E-state index contributed by atoms with van der Waals surface area (Å²) in [4.78, 5) is 1.53. The maximum Gasteiger partial charge on any atom is 0.243 e. The minimum absolute atomic E-state index is 0.113. The van der Waals surface area contributed by atoms with Gasteiger partial charge in [-0.1, -0.05) is 6.92 Å². The lowest BCUT2D eigenvalue weighted by molar-refractivity contribution is 0.303. The van der Waals surface area contributed by atoms with E-state index in [0.717, 1.165) is 18.4 Å². The molecule has 1 aliphatic rings. The Morgan fingerprint density at radius 3 is 2.62 bits per heavy atom. The summed E-state index contributed by atoms with van der Waals surface area (Å²) in [5.74, 6) is 0.933. The van der Waals surface area contributed by atoms with Crippen molar-refractivity contribution in [1.29, 1.82) is 0 Å². The Balaban J connectivity index is 2.02. The van der Waals surface area contributed by atoms with Crippen LogP contribution in [0.4, 0.5) is 0 Å². The average Bonchev–Trinajstić information content (AvgIpc) is 3.08. The largest absolute Gasteiger partial charge is 0.493 e. The Kier molecular flexibility index (Phi) is 4.85. The molecule has 1 aromatic heterocycles. The molecule has 0 spiro atoms. The molecule has 0 bridgehead atoms. The minimum Gasteiger partial charge on any atom is -0.493 e. The highest BCUT2D eigenvalue weighted by atomic mass is 32.2. The van der Waals surface area contributed by atoms with Crippen molar-refractivity contribution in [3.63, 3.8) is 0 Å². The van der Waals surface area contributed by atoms with Gasteiger partial charge in [0.05, 0.1) is 25.2 Å². The van der Waals surface area contributed by atoms with E-state index in [-0.39, 0.29) is 10.9 Å². The molecule has 0 radical (unpaired) electrons. The maximum absolute atomic E-state index is 13.2. The molecule has 1 aromatic carbocycles. The van der Waals surface area contributed by atoms with E-state index in [9.17, 15) is 8.42 Å². The van der Waals surface area contributed by atoms with Crippen LogP contribution in [0.1, 0.15) is 29.8 Å². The van der Waals surface area contributed by atoms with Crippen molar-refractivity contribution < 1.29 is 17.9 Å². The van der Waals surface area contributed by atoms with Crippen LogP contribution in [-0.2, 0) is 16.4 Å². The number of nitrogens with zero attached hydrogens (tertiary/aromatic N) is 1. The van der Waals surface area contributed by atoms with E-state index in [0.29, 0.717) is 18.0 Å². The van der Waals surface area contributed by atoms with E-state index in [1.165, 1.54) is 25.2 Å². The first-order chi connectivity index (χ1) is 11.5. The van der Waals surface area contributed by atoms with E-state index in [1.54, 1.807) is 27.8 Å². The number of methoxy groups -OCH3 is 2. The fraction of sp³-hybridized carbons (Fsp3) is 0.412. The van der Waals surface area contributed by atoms with Gasteiger partial charge in [-0.3, -0.25) is 0 Å². The molecule has 0 fully saturated rings. The zero-order valence-electron chi connectivity index (χ0n) is 14.0. The molecule has 0 N–H and O–H groups in total. The molecule has 3 rings (SSSR count). The lowest BCUT2D eigenvalue weighted by Crippen LogP contribution is -2.39. The van der Waals surface area contributed by atoms with Crippen molar-refractivity contribution in [1.82, 2.24) is 4.31 Å². The number of hydrogen-bond acceptors (Lipinski definition) is 5. The molecule has 0 amide bonds. The van der Waals surface area contributed by atoms with Gasteiger partial charge in [0.25, 0.3) is 0 Å². The fourth-order valence-corrected chi connectivity index (χ4v) is 5.82. The summed E-state index contributed by atoms with van der Waals surface area (Å²) in [5, 5.41) is 2.04. The van der Waals surface area contributed by atoms with Crippen LogP contribution in [-0.4, -0.2) is 33.5 Å². The third kappa shape index (κ3) is 2.81. The van der Waals surface area contributed by atoms with Crippen molar-refractivity contribution in [3.8, 4) is 11.5 Å². The molecule has 0 saturated heterocycles. The van der Waals surface area contributed by atoms with Crippen molar-refractivity contribution >= 4 is 21.4 Å². The number of fused-ring (bicyclic) bond motifs is 1. The Bertz CT molecular complexity index is 829. The zero-order valence-corrected chi connectivity index (χ0v) is 15.6. The predicted molar refractivity (Wildman–Crippen MR) is 94.5 cm³/mol. The topological polar surface area (TPSA) is 55.8 Å². The van der Waals surface area contributed by atoms with Gasteiger partial charge in [-0.15, -0.1) is 11.3 Å². The maximum atomic E-state index is 13.2. The van der Waals surface area contributed by atoms with Crippen LogP contribution in [0.2, 0.25) is 0 Å². The number of sulfonamides is 1. The summed E-state index contributed by atoms with van der Waals surface area (Å²) < 4.78 is 38.4. The average molecular weight is 367 g/mol. The lowest BCUT2D eigenvalue weighted by atomic mass is 10.0. The van der Waals surface area contributed by atoms with Gasteiger partial charge >= 0.3 is 0 Å². The Hall–Kier alpha value is -1.57. The number of ether oxygens (including phenoxy) is 2. The van der Waals surface area contributed by atoms with Crippen LogP contribution >= 0.6 is 11.3 Å². The molecule has 1 atom stereocenters. The van der Waals surface area contributed by atoms with Gasteiger partial charge in [0.15, 0.2) is 11.5 Å². The molecular weight excluding hydrogens is 346 g/mol. The van der Waals surface area contributed by atoms with Gasteiger partial charge < -0.3 is 9.47 Å². The second-order valence-corrected chi connectivity index (χ2v) is 8.50. The van der Waals surface area contributed by atoms with Crippen LogP contribution in [0, 0.1) is 0 Å². The van der Waals surface area contributed by atoms with Crippen LogP contribution < -0.4 is 9.47 Å². The third-order valence-electron chi connectivity index (χ3n) is 4.39. The van der Waals surface area contributed by atoms with Gasteiger partial charge in [0.1, 0.15) is 0 Å². The Morgan fingerprint density at radius 1 is 1.21 bits per heavy atom. The van der Waals surface area contributed by atoms with Gasteiger partial charge in [0, 0.05) is 17.5 Å². The summed E-state index contributed by atoms with van der Waals surface area (Å²) in [5.41, 5.74) is 1.14. The van der Waals surface area contributed by atoms with Gasteiger partial charge in [0.2, 0.25) is 10.0 Å². The minimum atomic E-state index is -3.60. The highest BCUT2D eigenvalue weighted by molar-refractivity contribution is 7.89. The molecule has 24 heavy (non-hydrogen) atoms. The normalized spacial score (nSPS) is 18.2. The van der Waals surface area contributed by atoms with Gasteiger partial charge in [-0.25, -0.2) is 8.42 Å². The monoisotopic (exact) mass is 367 g/mol. The first-order valence-corrected chi connectivity index (χ1v) is 10.1. The standard InChI is InChI=1S/C17H21NO4S2/c1-4-14-13-8-10-23-17(13)7-9-18(14)24(19,20)12-5-6-15(21-2)16(11-12)22-3/h5-6,8,10-11,14H,4,7,9H2,1-3H3/t14-/m0/s1. The summed E-state index contributed by atoms with van der Waals surface area (Å²) in [6.07, 6.45) is 1.51. The molecule has 7 heteroatoms. The summed E-state index contributed by atoms with van der Waals surface area (Å²) in [6.45, 7) is 2.53.